The van der Waals surface area contributed by atoms with Crippen molar-refractivity contribution in [2.75, 3.05) is 16.8 Å². The first kappa shape index (κ1) is 14.6. The van der Waals surface area contributed by atoms with Crippen LogP contribution in [-0.4, -0.2) is 26.8 Å². The Hall–Kier alpha value is -2.94. The monoisotopic (exact) mass is 343 g/mol. The Bertz CT molecular complexity index is 977. The van der Waals surface area contributed by atoms with E-state index >= 15 is 0 Å². The third-order valence-corrected chi connectivity index (χ3v) is 4.78. The summed E-state index contributed by atoms with van der Waals surface area (Å²) in [5.74, 6) is 0.143. The molecule has 24 heavy (non-hydrogen) atoms. The van der Waals surface area contributed by atoms with Crippen LogP contribution in [0, 0.1) is 10.1 Å². The number of imidazole rings is 1. The largest absolute Gasteiger partial charge is 0.373 e. The molecule has 9 heteroatoms. The van der Waals surface area contributed by atoms with Crippen LogP contribution in [0.15, 0.2) is 29.8 Å². The van der Waals surface area contributed by atoms with Crippen LogP contribution < -0.4 is 10.2 Å². The van der Waals surface area contributed by atoms with Gasteiger partial charge in [0.2, 0.25) is 11.7 Å². The number of carbonyl (C=O) groups is 1. The van der Waals surface area contributed by atoms with Gasteiger partial charge in [0.25, 0.3) is 4.96 Å². The summed E-state index contributed by atoms with van der Waals surface area (Å²) in [7, 11) is 0. The first-order valence-electron chi connectivity index (χ1n) is 7.32. The van der Waals surface area contributed by atoms with E-state index in [9.17, 15) is 14.9 Å². The van der Waals surface area contributed by atoms with Crippen LogP contribution in [0.3, 0.4) is 0 Å². The molecule has 0 saturated heterocycles. The van der Waals surface area contributed by atoms with Crippen molar-refractivity contribution >= 4 is 45.2 Å². The van der Waals surface area contributed by atoms with Gasteiger partial charge in [-0.25, -0.2) is 0 Å². The van der Waals surface area contributed by atoms with E-state index in [4.69, 9.17) is 0 Å². The molecule has 1 aliphatic rings. The highest BCUT2D eigenvalue weighted by atomic mass is 32.1. The molecule has 0 radical (unpaired) electrons. The van der Waals surface area contributed by atoms with Gasteiger partial charge in [0, 0.05) is 30.2 Å². The van der Waals surface area contributed by atoms with Crippen LogP contribution >= 0.6 is 11.3 Å². The second kappa shape index (κ2) is 5.31. The first-order valence-corrected chi connectivity index (χ1v) is 8.20. The zero-order chi connectivity index (χ0) is 16.8. The van der Waals surface area contributed by atoms with E-state index in [2.05, 4.69) is 10.3 Å². The summed E-state index contributed by atoms with van der Waals surface area (Å²) in [5.41, 5.74) is 2.65. The van der Waals surface area contributed by atoms with Crippen LogP contribution in [0.2, 0.25) is 0 Å². The molecule has 0 unspecified atom stereocenters. The molecule has 122 valence electrons. The molecule has 1 amide bonds. The minimum Gasteiger partial charge on any atom is -0.358 e. The zero-order valence-corrected chi connectivity index (χ0v) is 13.5. The standard InChI is InChI=1S/C15H13N5O3S/c1-9(21)18-5-4-10-8-11(2-3-12(10)18)16-13-14(20(22)23)19-6-7-24-15(19)17-13/h2-3,6-8,16H,4-5H2,1H3. The van der Waals surface area contributed by atoms with Gasteiger partial charge in [-0.05, 0) is 35.1 Å². The Morgan fingerprint density at radius 3 is 3.04 bits per heavy atom. The second-order valence-corrected chi connectivity index (χ2v) is 6.36. The first-order chi connectivity index (χ1) is 11.5. The van der Waals surface area contributed by atoms with Gasteiger partial charge in [0.05, 0.1) is 0 Å². The Kier molecular flexibility index (Phi) is 3.24. The van der Waals surface area contributed by atoms with Gasteiger partial charge in [0.15, 0.2) is 0 Å². The minimum absolute atomic E-state index is 0.0134. The number of anilines is 3. The molecule has 2 aromatic heterocycles. The zero-order valence-electron chi connectivity index (χ0n) is 12.7. The van der Waals surface area contributed by atoms with Crippen LogP contribution in [-0.2, 0) is 11.2 Å². The highest BCUT2D eigenvalue weighted by Crippen LogP contribution is 2.34. The van der Waals surface area contributed by atoms with Gasteiger partial charge < -0.3 is 20.3 Å². The Labute approximate surface area is 140 Å². The Morgan fingerprint density at radius 2 is 2.29 bits per heavy atom. The van der Waals surface area contributed by atoms with Crippen LogP contribution in [0.5, 0.6) is 0 Å². The van der Waals surface area contributed by atoms with Crippen LogP contribution in [0.1, 0.15) is 12.5 Å². The van der Waals surface area contributed by atoms with E-state index in [0.717, 1.165) is 17.7 Å². The average molecular weight is 343 g/mol. The molecule has 0 aliphatic carbocycles. The molecule has 3 heterocycles. The Balaban J connectivity index is 1.70. The van der Waals surface area contributed by atoms with Gasteiger partial charge in [-0.1, -0.05) is 11.3 Å². The summed E-state index contributed by atoms with van der Waals surface area (Å²) >= 11 is 1.34. The molecule has 1 N–H and O–H groups in total. The summed E-state index contributed by atoms with van der Waals surface area (Å²) in [5, 5.41) is 16.1. The molecule has 0 spiro atoms. The third kappa shape index (κ3) is 2.21. The highest BCUT2D eigenvalue weighted by molar-refractivity contribution is 7.15. The van der Waals surface area contributed by atoms with E-state index in [1.807, 2.05) is 12.1 Å². The van der Waals surface area contributed by atoms with E-state index in [0.29, 0.717) is 17.2 Å². The van der Waals surface area contributed by atoms with Gasteiger partial charge in [-0.15, -0.1) is 0 Å². The number of nitrogens with one attached hydrogen (secondary N) is 1. The number of amides is 1. The number of nitrogens with zero attached hydrogens (tertiary/aromatic N) is 4. The number of hydrogen-bond acceptors (Lipinski definition) is 6. The van der Waals surface area contributed by atoms with Gasteiger partial charge in [0.1, 0.15) is 6.20 Å². The molecule has 0 fully saturated rings. The SMILES string of the molecule is CC(=O)N1CCc2cc(Nc3nc4sccn4c3[N+](=O)[O-])ccc21. The number of benzene rings is 1. The summed E-state index contributed by atoms with van der Waals surface area (Å²) in [6.07, 6.45) is 2.40. The van der Waals surface area contributed by atoms with E-state index < -0.39 is 4.92 Å². The van der Waals surface area contributed by atoms with Crippen molar-refractivity contribution in [3.63, 3.8) is 0 Å². The molecule has 1 aromatic carbocycles. The van der Waals surface area contributed by atoms with Crippen LogP contribution in [0.4, 0.5) is 23.0 Å². The smallest absolute Gasteiger partial charge is 0.358 e. The number of rotatable bonds is 3. The maximum atomic E-state index is 11.6. The molecule has 0 bridgehead atoms. The predicted molar refractivity (Wildman–Crippen MR) is 91.2 cm³/mol. The van der Waals surface area contributed by atoms with Crippen molar-refractivity contribution in [1.29, 1.82) is 0 Å². The Morgan fingerprint density at radius 1 is 1.46 bits per heavy atom. The number of thiazole rings is 1. The van der Waals surface area contributed by atoms with E-state index in [1.165, 1.54) is 15.7 Å². The topological polar surface area (TPSA) is 92.8 Å². The lowest BCUT2D eigenvalue weighted by atomic mass is 10.1. The summed E-state index contributed by atoms with van der Waals surface area (Å²) in [4.78, 5) is 29.1. The second-order valence-electron chi connectivity index (χ2n) is 5.49. The summed E-state index contributed by atoms with van der Waals surface area (Å²) in [6.45, 7) is 2.21. The predicted octanol–water partition coefficient (Wildman–Crippen LogP) is 2.96. The molecule has 0 atom stereocenters. The lowest BCUT2D eigenvalue weighted by Gasteiger charge is -2.14. The quantitative estimate of drug-likeness (QED) is 0.583. The molecule has 1 aliphatic heterocycles. The fourth-order valence-corrected chi connectivity index (χ4v) is 3.68. The molecular weight excluding hydrogens is 330 g/mol. The lowest BCUT2D eigenvalue weighted by molar-refractivity contribution is -0.389. The molecule has 0 saturated carbocycles. The fourth-order valence-electron chi connectivity index (χ4n) is 2.98. The number of carbonyl (C=O) groups excluding carboxylic acids is 1. The molecule has 8 nitrogen and oxygen atoms in total. The summed E-state index contributed by atoms with van der Waals surface area (Å²) < 4.78 is 1.46. The molecular formula is C15H13N5O3S. The number of nitro groups is 1. The maximum absolute atomic E-state index is 11.6. The number of aromatic nitrogens is 2. The van der Waals surface area contributed by atoms with Crippen molar-refractivity contribution in [3.05, 3.63) is 45.5 Å². The lowest BCUT2D eigenvalue weighted by Crippen LogP contribution is -2.25. The molecule has 3 aromatic rings. The van der Waals surface area contributed by atoms with E-state index in [-0.39, 0.29) is 17.5 Å². The van der Waals surface area contributed by atoms with Crippen molar-refractivity contribution in [1.82, 2.24) is 9.38 Å². The van der Waals surface area contributed by atoms with Crippen molar-refractivity contribution < 1.29 is 9.72 Å². The van der Waals surface area contributed by atoms with Crippen molar-refractivity contribution in [2.45, 2.75) is 13.3 Å². The van der Waals surface area contributed by atoms with Gasteiger partial charge >= 0.3 is 5.82 Å². The minimum atomic E-state index is -0.445. The van der Waals surface area contributed by atoms with Crippen LogP contribution in [0.25, 0.3) is 4.96 Å². The average Bonchev–Trinajstić information content (AvgIpc) is 3.19. The number of hydrogen-bond donors (Lipinski definition) is 1. The number of fused-ring (bicyclic) bond motifs is 2. The van der Waals surface area contributed by atoms with E-state index in [1.54, 1.807) is 29.5 Å². The van der Waals surface area contributed by atoms with Gasteiger partial charge in [-0.2, -0.15) is 9.38 Å². The highest BCUT2D eigenvalue weighted by Gasteiger charge is 2.25. The maximum Gasteiger partial charge on any atom is 0.373 e. The summed E-state index contributed by atoms with van der Waals surface area (Å²) in [6, 6.07) is 5.57. The normalized spacial score (nSPS) is 13.3. The molecule has 4 rings (SSSR count). The van der Waals surface area contributed by atoms with Crippen molar-refractivity contribution in [2.24, 2.45) is 0 Å². The van der Waals surface area contributed by atoms with Crippen molar-refractivity contribution in [3.8, 4) is 0 Å². The fraction of sp³-hybridized carbons (Fsp3) is 0.200. The van der Waals surface area contributed by atoms with Gasteiger partial charge in [-0.3, -0.25) is 4.79 Å². The third-order valence-electron chi connectivity index (χ3n) is 4.03.